The second-order valence-corrected chi connectivity index (χ2v) is 9.09. The molecule has 2 aromatic carbocycles. The van der Waals surface area contributed by atoms with Crippen molar-refractivity contribution in [3.8, 4) is 11.1 Å². The summed E-state index contributed by atoms with van der Waals surface area (Å²) in [7, 11) is -4.22. The van der Waals surface area contributed by atoms with Crippen molar-refractivity contribution >= 4 is 21.7 Å². The van der Waals surface area contributed by atoms with Gasteiger partial charge in [-0.25, -0.2) is 9.52 Å². The van der Waals surface area contributed by atoms with Crippen LogP contribution in [0.4, 0.5) is 10.5 Å². The molecular weight excluding hydrogens is 392 g/mol. The number of benzene rings is 2. The zero-order chi connectivity index (χ0) is 20.8. The van der Waals surface area contributed by atoms with Crippen LogP contribution in [0.2, 0.25) is 0 Å². The van der Waals surface area contributed by atoms with Crippen molar-refractivity contribution in [1.29, 1.82) is 0 Å². The van der Waals surface area contributed by atoms with Crippen LogP contribution >= 0.6 is 0 Å². The minimum absolute atomic E-state index is 0.288. The van der Waals surface area contributed by atoms with E-state index in [1.54, 1.807) is 6.07 Å². The number of furan rings is 1. The van der Waals surface area contributed by atoms with E-state index in [1.165, 1.54) is 25.5 Å². The Balaban J connectivity index is 1.50. The van der Waals surface area contributed by atoms with Crippen molar-refractivity contribution in [1.82, 2.24) is 4.72 Å². The summed E-state index contributed by atoms with van der Waals surface area (Å²) in [6.07, 6.45) is 1.97. The maximum atomic E-state index is 12.4. The van der Waals surface area contributed by atoms with Gasteiger partial charge >= 0.3 is 6.03 Å². The van der Waals surface area contributed by atoms with E-state index in [2.05, 4.69) is 11.4 Å². The summed E-state index contributed by atoms with van der Waals surface area (Å²) in [6, 6.07) is 13.8. The summed E-state index contributed by atoms with van der Waals surface area (Å²) in [6.45, 7) is 3.00. The minimum atomic E-state index is -4.22. The molecule has 8 heteroatoms. The monoisotopic (exact) mass is 412 g/mol. The molecule has 0 bridgehead atoms. The molecule has 0 aliphatic heterocycles. The smallest absolute Gasteiger partial charge is 0.333 e. The molecule has 0 atom stereocenters. The second-order valence-electron chi connectivity index (χ2n) is 7.48. The first kappa shape index (κ1) is 19.2. The van der Waals surface area contributed by atoms with Crippen LogP contribution in [0.25, 0.3) is 11.1 Å². The Kier molecular flexibility index (Phi) is 4.48. The fraction of sp³-hybridized carbons (Fsp3) is 0.190. The predicted octanol–water partition coefficient (Wildman–Crippen LogP) is 3.59. The lowest BCUT2D eigenvalue weighted by Crippen LogP contribution is -2.34. The van der Waals surface area contributed by atoms with Crippen molar-refractivity contribution in [2.24, 2.45) is 0 Å². The van der Waals surface area contributed by atoms with Gasteiger partial charge in [-0.1, -0.05) is 30.3 Å². The van der Waals surface area contributed by atoms with Crippen molar-refractivity contribution in [2.45, 2.75) is 31.0 Å². The molecule has 150 valence electrons. The Morgan fingerprint density at radius 2 is 1.79 bits per heavy atom. The van der Waals surface area contributed by atoms with Gasteiger partial charge in [0, 0.05) is 17.3 Å². The second kappa shape index (κ2) is 6.75. The SMILES string of the molecule is CC(C)(O)c1coc(S(=O)(=O)NC(=O)Nc2ccc3c(c2)-c2ccccc2C3)c1. The average molecular weight is 412 g/mol. The number of anilines is 1. The number of fused-ring (bicyclic) bond motifs is 3. The van der Waals surface area contributed by atoms with Crippen LogP contribution in [0.1, 0.15) is 30.5 Å². The lowest BCUT2D eigenvalue weighted by Gasteiger charge is -2.13. The molecule has 1 aromatic heterocycles. The van der Waals surface area contributed by atoms with Gasteiger partial charge in [-0.3, -0.25) is 0 Å². The zero-order valence-electron chi connectivity index (χ0n) is 15.9. The minimum Gasteiger partial charge on any atom is -0.451 e. The van der Waals surface area contributed by atoms with Crippen LogP contribution in [-0.4, -0.2) is 19.6 Å². The lowest BCUT2D eigenvalue weighted by atomic mass is 10.0. The van der Waals surface area contributed by atoms with Crippen LogP contribution in [0.15, 0.2) is 64.3 Å². The number of urea groups is 1. The van der Waals surface area contributed by atoms with Crippen molar-refractivity contribution in [3.05, 3.63) is 71.5 Å². The van der Waals surface area contributed by atoms with Gasteiger partial charge in [0.2, 0.25) is 5.09 Å². The van der Waals surface area contributed by atoms with E-state index in [-0.39, 0.29) is 5.56 Å². The number of hydrogen-bond donors (Lipinski definition) is 3. The van der Waals surface area contributed by atoms with E-state index in [9.17, 15) is 18.3 Å². The quantitative estimate of drug-likeness (QED) is 0.475. The third kappa shape index (κ3) is 3.76. The number of nitrogens with one attached hydrogen (secondary N) is 2. The number of amides is 2. The average Bonchev–Trinajstić information content (AvgIpc) is 3.26. The Labute approximate surface area is 168 Å². The van der Waals surface area contributed by atoms with Gasteiger partial charge in [0.05, 0.1) is 11.9 Å². The first-order valence-corrected chi connectivity index (χ1v) is 10.5. The van der Waals surface area contributed by atoms with Gasteiger partial charge < -0.3 is 14.8 Å². The number of aliphatic hydroxyl groups is 1. The first-order valence-electron chi connectivity index (χ1n) is 9.00. The van der Waals surface area contributed by atoms with Gasteiger partial charge in [0.1, 0.15) is 0 Å². The third-order valence-corrected chi connectivity index (χ3v) is 6.03. The highest BCUT2D eigenvalue weighted by molar-refractivity contribution is 7.89. The Bertz CT molecular complexity index is 1210. The molecule has 1 aliphatic rings. The summed E-state index contributed by atoms with van der Waals surface area (Å²) < 4.78 is 31.7. The fourth-order valence-corrected chi connectivity index (χ4v) is 4.16. The molecule has 29 heavy (non-hydrogen) atoms. The summed E-state index contributed by atoms with van der Waals surface area (Å²) in [4.78, 5) is 12.3. The van der Waals surface area contributed by atoms with Gasteiger partial charge in [-0.05, 0) is 54.7 Å². The van der Waals surface area contributed by atoms with Gasteiger partial charge in [0.25, 0.3) is 10.0 Å². The first-order chi connectivity index (χ1) is 13.6. The third-order valence-electron chi connectivity index (χ3n) is 4.83. The number of carbonyl (C=O) groups excluding carboxylic acids is 1. The summed E-state index contributed by atoms with van der Waals surface area (Å²) >= 11 is 0. The largest absolute Gasteiger partial charge is 0.451 e. The molecule has 4 rings (SSSR count). The maximum Gasteiger partial charge on any atom is 0.333 e. The number of carbonyl (C=O) groups is 1. The van der Waals surface area contributed by atoms with Gasteiger partial charge in [-0.15, -0.1) is 0 Å². The van der Waals surface area contributed by atoms with Gasteiger partial charge in [-0.2, -0.15) is 8.42 Å². The normalized spacial score (nSPS) is 12.9. The molecule has 3 aromatic rings. The van der Waals surface area contributed by atoms with E-state index in [0.29, 0.717) is 5.69 Å². The van der Waals surface area contributed by atoms with Crippen LogP contribution in [-0.2, 0) is 22.0 Å². The number of hydrogen-bond acceptors (Lipinski definition) is 5. The van der Waals surface area contributed by atoms with Crippen molar-refractivity contribution in [2.75, 3.05) is 5.32 Å². The van der Waals surface area contributed by atoms with Gasteiger partial charge in [0.15, 0.2) is 0 Å². The molecule has 0 spiro atoms. The molecule has 0 fully saturated rings. The molecular formula is C21H20N2O5S. The fourth-order valence-electron chi connectivity index (χ4n) is 3.31. The molecule has 1 aliphatic carbocycles. The highest BCUT2D eigenvalue weighted by Gasteiger charge is 2.26. The maximum absolute atomic E-state index is 12.4. The lowest BCUT2D eigenvalue weighted by molar-refractivity contribution is 0.0779. The molecule has 7 nitrogen and oxygen atoms in total. The molecule has 0 saturated heterocycles. The molecule has 3 N–H and O–H groups in total. The Hall–Kier alpha value is -3.10. The van der Waals surface area contributed by atoms with Crippen molar-refractivity contribution < 1.29 is 22.7 Å². The van der Waals surface area contributed by atoms with E-state index >= 15 is 0 Å². The molecule has 1 heterocycles. The van der Waals surface area contributed by atoms with E-state index < -0.39 is 26.7 Å². The van der Waals surface area contributed by atoms with E-state index in [1.807, 2.05) is 35.1 Å². The predicted molar refractivity (Wildman–Crippen MR) is 108 cm³/mol. The zero-order valence-corrected chi connectivity index (χ0v) is 16.7. The molecule has 0 unspecified atom stereocenters. The van der Waals surface area contributed by atoms with E-state index in [4.69, 9.17) is 4.42 Å². The van der Waals surface area contributed by atoms with E-state index in [0.717, 1.165) is 29.4 Å². The van der Waals surface area contributed by atoms with Crippen LogP contribution in [0.5, 0.6) is 0 Å². The topological polar surface area (TPSA) is 109 Å². The Morgan fingerprint density at radius 3 is 2.52 bits per heavy atom. The van der Waals surface area contributed by atoms with Crippen LogP contribution in [0.3, 0.4) is 0 Å². The van der Waals surface area contributed by atoms with Crippen molar-refractivity contribution in [3.63, 3.8) is 0 Å². The summed E-state index contributed by atoms with van der Waals surface area (Å²) in [5, 5.41) is 12.0. The standard InChI is InChI=1S/C21H20N2O5S/c1-21(2,25)15-10-19(28-12-15)29(26,27)23-20(24)22-16-8-7-14-9-13-5-3-4-6-17(13)18(14)11-16/h3-8,10-12,25H,9H2,1-2H3,(H2,22,23,24). The van der Waals surface area contributed by atoms with Crippen LogP contribution < -0.4 is 10.0 Å². The number of rotatable bonds is 4. The highest BCUT2D eigenvalue weighted by atomic mass is 32.2. The highest BCUT2D eigenvalue weighted by Crippen LogP contribution is 2.37. The summed E-state index contributed by atoms with van der Waals surface area (Å²) in [5.74, 6) is 0. The summed E-state index contributed by atoms with van der Waals surface area (Å²) in [5.41, 5.74) is 3.99. The number of sulfonamides is 1. The molecule has 0 radical (unpaired) electrons. The molecule has 0 saturated carbocycles. The molecule has 2 amide bonds. The Morgan fingerprint density at radius 1 is 1.07 bits per heavy atom. The van der Waals surface area contributed by atoms with Crippen LogP contribution in [0, 0.1) is 0 Å².